The highest BCUT2D eigenvalue weighted by Gasteiger charge is 2.41. The van der Waals surface area contributed by atoms with Crippen molar-refractivity contribution in [2.24, 2.45) is 17.6 Å². The lowest BCUT2D eigenvalue weighted by molar-refractivity contribution is -0.139. The molecule has 0 saturated carbocycles. The van der Waals surface area contributed by atoms with Gasteiger partial charge in [-0.05, 0) is 31.8 Å². The summed E-state index contributed by atoms with van der Waals surface area (Å²) in [5.41, 5.74) is 7.91. The Hall–Kier alpha value is -2.09. The van der Waals surface area contributed by atoms with Crippen molar-refractivity contribution in [3.8, 4) is 0 Å². The van der Waals surface area contributed by atoms with Crippen molar-refractivity contribution in [3.63, 3.8) is 0 Å². The zero-order valence-electron chi connectivity index (χ0n) is 17.3. The van der Waals surface area contributed by atoms with Gasteiger partial charge in [0, 0.05) is 17.3 Å². The van der Waals surface area contributed by atoms with Gasteiger partial charge in [0.15, 0.2) is 0 Å². The van der Waals surface area contributed by atoms with Gasteiger partial charge in [-0.15, -0.1) is 0 Å². The normalized spacial score (nSPS) is 22.0. The molecule has 160 valence electrons. The molecule has 0 aromatic rings. The van der Waals surface area contributed by atoms with E-state index in [4.69, 9.17) is 31.5 Å². The van der Waals surface area contributed by atoms with Crippen LogP contribution in [-0.4, -0.2) is 45.4 Å². The molecule has 0 fully saturated rings. The lowest BCUT2D eigenvalue weighted by atomic mass is 9.77. The first kappa shape index (κ1) is 23.2. The summed E-state index contributed by atoms with van der Waals surface area (Å²) in [4.78, 5) is 25.7. The molecule has 8 heteroatoms. The van der Waals surface area contributed by atoms with Crippen LogP contribution in [0, 0.1) is 11.8 Å². The first-order valence-corrected chi connectivity index (χ1v) is 10.0. The summed E-state index contributed by atoms with van der Waals surface area (Å²) in [7, 11) is 1.31. The molecule has 0 saturated heterocycles. The molecule has 0 aromatic heterocycles. The zero-order valence-corrected chi connectivity index (χ0v) is 18.1. The molecule has 1 aliphatic heterocycles. The van der Waals surface area contributed by atoms with Crippen molar-refractivity contribution in [3.05, 3.63) is 45.3 Å². The maximum absolute atomic E-state index is 13.0. The van der Waals surface area contributed by atoms with E-state index in [1.165, 1.54) is 7.11 Å². The fourth-order valence-corrected chi connectivity index (χ4v) is 3.77. The molecular formula is C21H29ClN2O5. The maximum Gasteiger partial charge on any atom is 0.336 e. The Bertz CT molecular complexity index is 782. The summed E-state index contributed by atoms with van der Waals surface area (Å²) < 4.78 is 15.9. The van der Waals surface area contributed by atoms with E-state index in [2.05, 4.69) is 5.32 Å². The van der Waals surface area contributed by atoms with E-state index in [0.29, 0.717) is 46.3 Å². The van der Waals surface area contributed by atoms with Crippen LogP contribution < -0.4 is 11.1 Å². The molecule has 2 unspecified atom stereocenters. The van der Waals surface area contributed by atoms with Crippen molar-refractivity contribution in [2.75, 3.05) is 33.5 Å². The molecule has 29 heavy (non-hydrogen) atoms. The van der Waals surface area contributed by atoms with Gasteiger partial charge in [0.25, 0.3) is 0 Å². The molecule has 0 aromatic carbocycles. The number of rotatable bonds is 8. The summed E-state index contributed by atoms with van der Waals surface area (Å²) >= 11 is 6.54. The fourth-order valence-electron chi connectivity index (χ4n) is 3.50. The minimum atomic E-state index is -0.717. The van der Waals surface area contributed by atoms with E-state index < -0.39 is 17.9 Å². The average molecular weight is 425 g/mol. The number of hydrogen-bond donors (Lipinski definition) is 2. The second-order valence-corrected chi connectivity index (χ2v) is 7.34. The van der Waals surface area contributed by atoms with Crippen LogP contribution in [0.1, 0.15) is 27.2 Å². The Kier molecular flexibility index (Phi) is 8.49. The van der Waals surface area contributed by atoms with Gasteiger partial charge in [-0.1, -0.05) is 30.7 Å². The quantitative estimate of drug-likeness (QED) is 0.456. The van der Waals surface area contributed by atoms with Gasteiger partial charge in [-0.25, -0.2) is 9.59 Å². The largest absolute Gasteiger partial charge is 0.466 e. The second kappa shape index (κ2) is 10.6. The molecule has 2 atom stereocenters. The van der Waals surface area contributed by atoms with Crippen LogP contribution in [0.5, 0.6) is 0 Å². The van der Waals surface area contributed by atoms with Gasteiger partial charge >= 0.3 is 11.9 Å². The molecule has 1 heterocycles. The number of carbonyl (C=O) groups excluding carboxylic acids is 2. The van der Waals surface area contributed by atoms with E-state index >= 15 is 0 Å². The molecule has 2 aliphatic rings. The van der Waals surface area contributed by atoms with Gasteiger partial charge in [-0.3, -0.25) is 0 Å². The molecule has 0 amide bonds. The van der Waals surface area contributed by atoms with Crippen LogP contribution >= 0.6 is 11.6 Å². The Morgan fingerprint density at radius 2 is 2.03 bits per heavy atom. The lowest BCUT2D eigenvalue weighted by Gasteiger charge is -2.33. The Morgan fingerprint density at radius 1 is 1.31 bits per heavy atom. The summed E-state index contributed by atoms with van der Waals surface area (Å²) in [6.07, 6.45) is 4.68. The highest BCUT2D eigenvalue weighted by Crippen LogP contribution is 2.42. The number of methoxy groups -OCH3 is 1. The summed E-state index contributed by atoms with van der Waals surface area (Å²) in [5.74, 6) is -1.58. The van der Waals surface area contributed by atoms with Gasteiger partial charge < -0.3 is 25.3 Å². The third kappa shape index (κ3) is 5.29. The van der Waals surface area contributed by atoms with Crippen molar-refractivity contribution >= 4 is 23.5 Å². The number of carbonyl (C=O) groups is 2. The predicted octanol–water partition coefficient (Wildman–Crippen LogP) is 2.53. The molecule has 7 nitrogen and oxygen atoms in total. The van der Waals surface area contributed by atoms with E-state index in [1.807, 2.05) is 19.1 Å². The SMILES string of the molecule is CCOC(=O)C1=C(COCCN)NC(C)=C(C(=O)OC)C1C1=CC(C)CC=C1Cl. The Balaban J connectivity index is 2.66. The molecule has 1 aliphatic carbocycles. The second-order valence-electron chi connectivity index (χ2n) is 6.93. The molecule has 0 radical (unpaired) electrons. The van der Waals surface area contributed by atoms with Gasteiger partial charge in [0.05, 0.1) is 49.7 Å². The minimum Gasteiger partial charge on any atom is -0.466 e. The Morgan fingerprint density at radius 3 is 2.66 bits per heavy atom. The number of halogens is 1. The van der Waals surface area contributed by atoms with Crippen LogP contribution in [0.4, 0.5) is 0 Å². The van der Waals surface area contributed by atoms with Crippen LogP contribution in [0.2, 0.25) is 0 Å². The lowest BCUT2D eigenvalue weighted by Crippen LogP contribution is -2.37. The first-order chi connectivity index (χ1) is 13.8. The molecule has 0 bridgehead atoms. The summed E-state index contributed by atoms with van der Waals surface area (Å²) in [6, 6.07) is 0. The number of dihydropyridines is 1. The average Bonchev–Trinajstić information content (AvgIpc) is 2.69. The fraction of sp³-hybridized carbons (Fsp3) is 0.524. The van der Waals surface area contributed by atoms with Gasteiger partial charge in [0.2, 0.25) is 0 Å². The van der Waals surface area contributed by atoms with Gasteiger partial charge in [0.1, 0.15) is 0 Å². The monoisotopic (exact) mass is 424 g/mol. The third-order valence-electron chi connectivity index (χ3n) is 4.77. The van der Waals surface area contributed by atoms with E-state index in [0.717, 1.165) is 6.42 Å². The first-order valence-electron chi connectivity index (χ1n) is 9.67. The highest BCUT2D eigenvalue weighted by atomic mass is 35.5. The standard InChI is InChI=1S/C21H29ClN2O5/c1-5-29-21(26)19-16(11-28-9-8-23)24-13(3)17(20(25)27-4)18(19)14-10-12(2)6-7-15(14)22/h7,10,12,18,24H,5-6,8-9,11,23H2,1-4H3. The molecule has 3 N–H and O–H groups in total. The number of esters is 2. The number of hydrogen-bond acceptors (Lipinski definition) is 7. The molecule has 0 spiro atoms. The molecule has 2 rings (SSSR count). The van der Waals surface area contributed by atoms with Crippen molar-refractivity contribution in [1.29, 1.82) is 0 Å². The van der Waals surface area contributed by atoms with E-state index in [-0.39, 0.29) is 19.1 Å². The third-order valence-corrected chi connectivity index (χ3v) is 5.15. The Labute approximate surface area is 176 Å². The van der Waals surface area contributed by atoms with Crippen molar-refractivity contribution in [2.45, 2.75) is 27.2 Å². The summed E-state index contributed by atoms with van der Waals surface area (Å²) in [6.45, 7) is 6.54. The maximum atomic E-state index is 13.0. The number of ether oxygens (including phenoxy) is 3. The van der Waals surface area contributed by atoms with Crippen LogP contribution in [0.3, 0.4) is 0 Å². The molecular weight excluding hydrogens is 396 g/mol. The van der Waals surface area contributed by atoms with Crippen molar-refractivity contribution < 1.29 is 23.8 Å². The van der Waals surface area contributed by atoms with E-state index in [9.17, 15) is 9.59 Å². The zero-order chi connectivity index (χ0) is 21.6. The van der Waals surface area contributed by atoms with Crippen LogP contribution in [0.15, 0.2) is 45.3 Å². The highest BCUT2D eigenvalue weighted by molar-refractivity contribution is 6.32. The number of nitrogens with two attached hydrogens (primary N) is 1. The summed E-state index contributed by atoms with van der Waals surface area (Å²) in [5, 5.41) is 3.63. The van der Waals surface area contributed by atoms with Gasteiger partial charge in [-0.2, -0.15) is 0 Å². The predicted molar refractivity (Wildman–Crippen MR) is 111 cm³/mol. The minimum absolute atomic E-state index is 0.123. The van der Waals surface area contributed by atoms with Crippen LogP contribution in [0.25, 0.3) is 0 Å². The number of allylic oxidation sites excluding steroid dienone is 5. The van der Waals surface area contributed by atoms with Crippen LogP contribution in [-0.2, 0) is 23.8 Å². The topological polar surface area (TPSA) is 99.9 Å². The van der Waals surface area contributed by atoms with E-state index in [1.54, 1.807) is 13.8 Å². The smallest absolute Gasteiger partial charge is 0.336 e. The van der Waals surface area contributed by atoms with Crippen molar-refractivity contribution in [1.82, 2.24) is 5.32 Å². The number of nitrogens with one attached hydrogen (secondary N) is 1.